The Morgan fingerprint density at radius 3 is 3.13 bits per heavy atom. The SMILES string of the molecule is COC(C)c1noc([C@H]2CCCNC2)n1. The molecule has 0 aliphatic carbocycles. The maximum Gasteiger partial charge on any atom is 0.231 e. The number of hydrogen-bond donors (Lipinski definition) is 1. The number of hydrogen-bond acceptors (Lipinski definition) is 5. The van der Waals surface area contributed by atoms with E-state index in [4.69, 9.17) is 9.26 Å². The molecular formula is C10H17N3O2. The maximum atomic E-state index is 5.25. The standard InChI is InChI=1S/C10H17N3O2/c1-7(14-2)9-12-10(15-13-9)8-4-3-5-11-6-8/h7-8,11H,3-6H2,1-2H3/t7?,8-/m0/s1. The van der Waals surface area contributed by atoms with E-state index in [1.165, 1.54) is 6.42 Å². The maximum absolute atomic E-state index is 5.25. The van der Waals surface area contributed by atoms with Gasteiger partial charge in [0.2, 0.25) is 5.89 Å². The minimum Gasteiger partial charge on any atom is -0.374 e. The second kappa shape index (κ2) is 4.72. The largest absolute Gasteiger partial charge is 0.374 e. The third-order valence-electron chi connectivity index (χ3n) is 2.82. The van der Waals surface area contributed by atoms with E-state index in [0.29, 0.717) is 11.7 Å². The Balaban J connectivity index is 2.05. The number of ether oxygens (including phenoxy) is 1. The molecule has 0 amide bonds. The van der Waals surface area contributed by atoms with Crippen LogP contribution in [-0.2, 0) is 4.74 Å². The normalized spacial score (nSPS) is 24.0. The molecule has 84 valence electrons. The lowest BCUT2D eigenvalue weighted by atomic mass is 10.00. The average molecular weight is 211 g/mol. The highest BCUT2D eigenvalue weighted by Gasteiger charge is 2.22. The Hall–Kier alpha value is -0.940. The first-order valence-electron chi connectivity index (χ1n) is 5.38. The first-order valence-corrected chi connectivity index (χ1v) is 5.38. The van der Waals surface area contributed by atoms with Crippen LogP contribution in [0.15, 0.2) is 4.52 Å². The molecule has 1 unspecified atom stereocenters. The van der Waals surface area contributed by atoms with E-state index in [0.717, 1.165) is 25.4 Å². The predicted molar refractivity (Wildman–Crippen MR) is 54.6 cm³/mol. The molecule has 2 heterocycles. The summed E-state index contributed by atoms with van der Waals surface area (Å²) in [7, 11) is 1.64. The summed E-state index contributed by atoms with van der Waals surface area (Å²) in [6.07, 6.45) is 2.19. The van der Waals surface area contributed by atoms with Gasteiger partial charge in [0.05, 0.1) is 5.92 Å². The van der Waals surface area contributed by atoms with E-state index in [1.807, 2.05) is 6.92 Å². The van der Waals surface area contributed by atoms with Gasteiger partial charge in [0.15, 0.2) is 5.82 Å². The molecule has 1 aromatic heterocycles. The Morgan fingerprint density at radius 1 is 1.60 bits per heavy atom. The topological polar surface area (TPSA) is 60.2 Å². The van der Waals surface area contributed by atoms with Crippen LogP contribution in [0.1, 0.15) is 43.5 Å². The average Bonchev–Trinajstić information content (AvgIpc) is 2.78. The van der Waals surface area contributed by atoms with E-state index >= 15 is 0 Å². The number of nitrogens with one attached hydrogen (secondary N) is 1. The van der Waals surface area contributed by atoms with Gasteiger partial charge in [-0.15, -0.1) is 0 Å². The number of aromatic nitrogens is 2. The molecule has 0 radical (unpaired) electrons. The molecule has 2 atom stereocenters. The molecule has 0 aromatic carbocycles. The van der Waals surface area contributed by atoms with Gasteiger partial charge < -0.3 is 14.6 Å². The third-order valence-corrected chi connectivity index (χ3v) is 2.82. The fourth-order valence-electron chi connectivity index (χ4n) is 1.75. The highest BCUT2D eigenvalue weighted by Crippen LogP contribution is 2.23. The van der Waals surface area contributed by atoms with Gasteiger partial charge in [-0.1, -0.05) is 5.16 Å². The third kappa shape index (κ3) is 2.35. The van der Waals surface area contributed by atoms with Crippen molar-refractivity contribution >= 4 is 0 Å². The van der Waals surface area contributed by atoms with E-state index < -0.39 is 0 Å². The van der Waals surface area contributed by atoms with Crippen LogP contribution in [0, 0.1) is 0 Å². The lowest BCUT2D eigenvalue weighted by Gasteiger charge is -2.18. The zero-order valence-electron chi connectivity index (χ0n) is 9.19. The molecule has 0 spiro atoms. The summed E-state index contributed by atoms with van der Waals surface area (Å²) in [4.78, 5) is 4.36. The van der Waals surface area contributed by atoms with Crippen molar-refractivity contribution in [2.24, 2.45) is 0 Å². The molecule has 5 nitrogen and oxygen atoms in total. The molecule has 1 aromatic rings. The van der Waals surface area contributed by atoms with Gasteiger partial charge in [-0.2, -0.15) is 4.98 Å². The Bertz CT molecular complexity index is 307. The molecule has 15 heavy (non-hydrogen) atoms. The van der Waals surface area contributed by atoms with Crippen LogP contribution in [0.2, 0.25) is 0 Å². The molecule has 1 N–H and O–H groups in total. The van der Waals surface area contributed by atoms with E-state index in [-0.39, 0.29) is 6.10 Å². The number of nitrogens with zero attached hydrogens (tertiary/aromatic N) is 2. The predicted octanol–water partition coefficient (Wildman–Crippen LogP) is 1.24. The summed E-state index contributed by atoms with van der Waals surface area (Å²) in [5.74, 6) is 1.74. The van der Waals surface area contributed by atoms with Crippen LogP contribution in [-0.4, -0.2) is 30.3 Å². The second-order valence-corrected chi connectivity index (χ2v) is 3.91. The van der Waals surface area contributed by atoms with E-state index in [1.54, 1.807) is 7.11 Å². The minimum absolute atomic E-state index is 0.0981. The smallest absolute Gasteiger partial charge is 0.231 e. The van der Waals surface area contributed by atoms with Gasteiger partial charge in [-0.25, -0.2) is 0 Å². The first-order chi connectivity index (χ1) is 7.31. The lowest BCUT2D eigenvalue weighted by molar-refractivity contribution is 0.109. The van der Waals surface area contributed by atoms with Crippen LogP contribution in [0.3, 0.4) is 0 Å². The van der Waals surface area contributed by atoms with Crippen molar-refractivity contribution in [3.05, 3.63) is 11.7 Å². The van der Waals surface area contributed by atoms with Crippen LogP contribution < -0.4 is 5.32 Å². The monoisotopic (exact) mass is 211 g/mol. The van der Waals surface area contributed by atoms with E-state index in [2.05, 4.69) is 15.5 Å². The Morgan fingerprint density at radius 2 is 2.47 bits per heavy atom. The van der Waals surface area contributed by atoms with Crippen molar-refractivity contribution < 1.29 is 9.26 Å². The van der Waals surface area contributed by atoms with Crippen molar-refractivity contribution in [2.45, 2.75) is 31.8 Å². The zero-order valence-corrected chi connectivity index (χ0v) is 9.19. The van der Waals surface area contributed by atoms with Crippen molar-refractivity contribution in [1.29, 1.82) is 0 Å². The van der Waals surface area contributed by atoms with Gasteiger partial charge in [-0.05, 0) is 26.3 Å². The Labute approximate surface area is 89.2 Å². The van der Waals surface area contributed by atoms with Crippen LogP contribution in [0.4, 0.5) is 0 Å². The summed E-state index contributed by atoms with van der Waals surface area (Å²) >= 11 is 0. The van der Waals surface area contributed by atoms with Gasteiger partial charge in [0.25, 0.3) is 0 Å². The van der Waals surface area contributed by atoms with Gasteiger partial charge in [-0.3, -0.25) is 0 Å². The van der Waals surface area contributed by atoms with Crippen molar-refractivity contribution in [3.8, 4) is 0 Å². The summed E-state index contributed by atoms with van der Waals surface area (Å²) in [5, 5.41) is 7.25. The van der Waals surface area contributed by atoms with Gasteiger partial charge in [0, 0.05) is 13.7 Å². The van der Waals surface area contributed by atoms with Crippen molar-refractivity contribution in [2.75, 3.05) is 20.2 Å². The summed E-state index contributed by atoms with van der Waals surface area (Å²) in [5.41, 5.74) is 0. The Kier molecular flexibility index (Phi) is 3.33. The molecule has 1 fully saturated rings. The van der Waals surface area contributed by atoms with Crippen LogP contribution in [0.25, 0.3) is 0 Å². The van der Waals surface area contributed by atoms with Gasteiger partial charge >= 0.3 is 0 Å². The van der Waals surface area contributed by atoms with Crippen LogP contribution >= 0.6 is 0 Å². The summed E-state index contributed by atoms with van der Waals surface area (Å²) < 4.78 is 10.4. The molecule has 2 rings (SSSR count). The molecule has 5 heteroatoms. The molecule has 0 saturated carbocycles. The quantitative estimate of drug-likeness (QED) is 0.815. The first kappa shape index (κ1) is 10.6. The highest BCUT2D eigenvalue weighted by molar-refractivity contribution is 4.98. The van der Waals surface area contributed by atoms with Crippen molar-refractivity contribution in [3.63, 3.8) is 0 Å². The number of rotatable bonds is 3. The number of piperidine rings is 1. The van der Waals surface area contributed by atoms with Crippen molar-refractivity contribution in [1.82, 2.24) is 15.5 Å². The molecule has 0 bridgehead atoms. The number of methoxy groups -OCH3 is 1. The lowest BCUT2D eigenvalue weighted by Crippen LogP contribution is -2.28. The summed E-state index contributed by atoms with van der Waals surface area (Å²) in [6.45, 7) is 3.93. The highest BCUT2D eigenvalue weighted by atomic mass is 16.5. The van der Waals surface area contributed by atoms with Crippen LogP contribution in [0.5, 0.6) is 0 Å². The fraction of sp³-hybridized carbons (Fsp3) is 0.800. The minimum atomic E-state index is -0.0981. The molecule has 1 saturated heterocycles. The zero-order chi connectivity index (χ0) is 10.7. The van der Waals surface area contributed by atoms with E-state index in [9.17, 15) is 0 Å². The molecular weight excluding hydrogens is 194 g/mol. The molecule has 1 aliphatic rings. The fourth-order valence-corrected chi connectivity index (χ4v) is 1.75. The second-order valence-electron chi connectivity index (χ2n) is 3.91. The molecule has 1 aliphatic heterocycles. The summed E-state index contributed by atoms with van der Waals surface area (Å²) in [6, 6.07) is 0. The van der Waals surface area contributed by atoms with Gasteiger partial charge in [0.1, 0.15) is 6.10 Å².